The number of nitrogens with one attached hydrogen (secondary N) is 1. The first kappa shape index (κ1) is 16.8. The maximum absolute atomic E-state index is 12.3. The number of carbonyl (C=O) groups excluding carboxylic acids is 1. The maximum Gasteiger partial charge on any atom is 0.262 e. The van der Waals surface area contributed by atoms with Crippen molar-refractivity contribution in [3.05, 3.63) is 59.7 Å². The second kappa shape index (κ2) is 7.71. The van der Waals surface area contributed by atoms with E-state index in [0.717, 1.165) is 23.4 Å². The molecule has 1 amide bonds. The van der Waals surface area contributed by atoms with Crippen molar-refractivity contribution in [1.82, 2.24) is 5.32 Å². The Morgan fingerprint density at radius 3 is 2.76 bits per heavy atom. The van der Waals surface area contributed by atoms with Crippen LogP contribution in [0.25, 0.3) is 0 Å². The molecule has 1 unspecified atom stereocenters. The molecule has 2 aromatic rings. The quantitative estimate of drug-likeness (QED) is 0.912. The van der Waals surface area contributed by atoms with E-state index in [2.05, 4.69) is 16.3 Å². The van der Waals surface area contributed by atoms with Gasteiger partial charge in [-0.05, 0) is 36.2 Å². The fourth-order valence-corrected chi connectivity index (χ4v) is 2.86. The van der Waals surface area contributed by atoms with Crippen molar-refractivity contribution in [2.45, 2.75) is 26.0 Å². The normalized spacial score (nSPS) is 15.7. The number of nitriles is 1. The number of ether oxygens (including phenoxy) is 1. The minimum Gasteiger partial charge on any atom is -0.477 e. The number of rotatable bonds is 5. The minimum atomic E-state index is -0.528. The van der Waals surface area contributed by atoms with Crippen LogP contribution in [0.2, 0.25) is 0 Å². The van der Waals surface area contributed by atoms with E-state index in [1.807, 2.05) is 55.5 Å². The van der Waals surface area contributed by atoms with E-state index in [9.17, 15) is 4.79 Å². The molecule has 5 heteroatoms. The Kier molecular flexibility index (Phi) is 5.20. The van der Waals surface area contributed by atoms with E-state index in [1.54, 1.807) is 0 Å². The molecule has 0 saturated carbocycles. The summed E-state index contributed by atoms with van der Waals surface area (Å²) in [7, 11) is 0. The predicted molar refractivity (Wildman–Crippen MR) is 96.4 cm³/mol. The zero-order valence-corrected chi connectivity index (χ0v) is 14.2. The molecule has 1 N–H and O–H groups in total. The Hall–Kier alpha value is -3.00. The van der Waals surface area contributed by atoms with Crippen LogP contribution in [-0.2, 0) is 11.3 Å². The number of carbonyl (C=O) groups is 1. The Morgan fingerprint density at radius 1 is 1.28 bits per heavy atom. The lowest BCUT2D eigenvalue weighted by Crippen LogP contribution is -2.48. The summed E-state index contributed by atoms with van der Waals surface area (Å²) in [5.74, 6) is 0.639. The van der Waals surface area contributed by atoms with E-state index in [1.165, 1.54) is 0 Å². The van der Waals surface area contributed by atoms with E-state index in [0.29, 0.717) is 25.2 Å². The fraction of sp³-hybridized carbons (Fsp3) is 0.300. The van der Waals surface area contributed by atoms with Crippen LogP contribution in [0, 0.1) is 11.3 Å². The first-order valence-electron chi connectivity index (χ1n) is 8.48. The van der Waals surface area contributed by atoms with Crippen LogP contribution in [0.1, 0.15) is 24.5 Å². The van der Waals surface area contributed by atoms with Gasteiger partial charge in [0.15, 0.2) is 6.10 Å². The van der Waals surface area contributed by atoms with Gasteiger partial charge in [-0.25, -0.2) is 0 Å². The zero-order chi connectivity index (χ0) is 17.6. The lowest BCUT2D eigenvalue weighted by molar-refractivity contribution is -0.127. The monoisotopic (exact) mass is 335 g/mol. The van der Waals surface area contributed by atoms with Gasteiger partial charge < -0.3 is 15.0 Å². The standard InChI is InChI=1S/C20H21N3O2/c1-2-11-22-20(24)19-14-23(17-5-3-4-6-18(17)25-19)13-16-9-7-15(12-21)8-10-16/h3-10,19H,2,11,13-14H2,1H3,(H,22,24). The maximum atomic E-state index is 12.3. The Morgan fingerprint density at radius 2 is 2.04 bits per heavy atom. The van der Waals surface area contributed by atoms with Crippen LogP contribution >= 0.6 is 0 Å². The highest BCUT2D eigenvalue weighted by molar-refractivity contribution is 5.83. The van der Waals surface area contributed by atoms with Crippen LogP contribution in [0.15, 0.2) is 48.5 Å². The number of fused-ring (bicyclic) bond motifs is 1. The predicted octanol–water partition coefficient (Wildman–Crippen LogP) is 2.85. The van der Waals surface area contributed by atoms with Crippen molar-refractivity contribution in [3.63, 3.8) is 0 Å². The van der Waals surface area contributed by atoms with Gasteiger partial charge in [-0.1, -0.05) is 31.2 Å². The lowest BCUT2D eigenvalue weighted by Gasteiger charge is -2.35. The molecule has 1 aliphatic rings. The van der Waals surface area contributed by atoms with Gasteiger partial charge in [0.05, 0.1) is 23.9 Å². The molecule has 0 aliphatic carbocycles. The van der Waals surface area contributed by atoms with Crippen molar-refractivity contribution in [2.24, 2.45) is 0 Å². The Labute approximate surface area is 147 Å². The zero-order valence-electron chi connectivity index (χ0n) is 14.2. The molecule has 1 atom stereocenters. The molecule has 0 saturated heterocycles. The van der Waals surface area contributed by atoms with Crippen LogP contribution in [-0.4, -0.2) is 25.1 Å². The summed E-state index contributed by atoms with van der Waals surface area (Å²) >= 11 is 0. The number of nitrogens with zero attached hydrogens (tertiary/aromatic N) is 2. The third-order valence-corrected chi connectivity index (χ3v) is 4.16. The lowest BCUT2D eigenvalue weighted by atomic mass is 10.1. The molecule has 5 nitrogen and oxygen atoms in total. The summed E-state index contributed by atoms with van der Waals surface area (Å²) in [6.45, 7) is 3.82. The van der Waals surface area contributed by atoms with E-state index < -0.39 is 6.10 Å². The molecule has 2 aromatic carbocycles. The van der Waals surface area contributed by atoms with Crippen molar-refractivity contribution in [3.8, 4) is 11.8 Å². The van der Waals surface area contributed by atoms with Gasteiger partial charge in [0.25, 0.3) is 5.91 Å². The number of benzene rings is 2. The highest BCUT2D eigenvalue weighted by Crippen LogP contribution is 2.34. The Bertz CT molecular complexity index is 780. The fourth-order valence-electron chi connectivity index (χ4n) is 2.86. The summed E-state index contributed by atoms with van der Waals surface area (Å²) in [6, 6.07) is 17.4. The molecule has 0 spiro atoms. The van der Waals surface area contributed by atoms with Gasteiger partial charge >= 0.3 is 0 Å². The molecule has 3 rings (SSSR count). The van der Waals surface area contributed by atoms with Crippen LogP contribution in [0.4, 0.5) is 5.69 Å². The van der Waals surface area contributed by atoms with Crippen LogP contribution < -0.4 is 15.0 Å². The van der Waals surface area contributed by atoms with Crippen molar-refractivity contribution < 1.29 is 9.53 Å². The SMILES string of the molecule is CCCNC(=O)C1CN(Cc2ccc(C#N)cc2)c2ccccc2O1. The highest BCUT2D eigenvalue weighted by atomic mass is 16.5. The van der Waals surface area contributed by atoms with Gasteiger partial charge in [-0.2, -0.15) is 5.26 Å². The van der Waals surface area contributed by atoms with E-state index in [-0.39, 0.29) is 5.91 Å². The summed E-state index contributed by atoms with van der Waals surface area (Å²) in [5, 5.41) is 11.8. The summed E-state index contributed by atoms with van der Waals surface area (Å²) in [5.41, 5.74) is 2.71. The van der Waals surface area contributed by atoms with Crippen molar-refractivity contribution in [2.75, 3.05) is 18.0 Å². The average Bonchev–Trinajstić information content (AvgIpc) is 2.66. The first-order valence-corrected chi connectivity index (χ1v) is 8.48. The highest BCUT2D eigenvalue weighted by Gasteiger charge is 2.30. The number of para-hydroxylation sites is 2. The van der Waals surface area contributed by atoms with Gasteiger partial charge in [0.2, 0.25) is 0 Å². The summed E-state index contributed by atoms with van der Waals surface area (Å²) < 4.78 is 5.90. The smallest absolute Gasteiger partial charge is 0.262 e. The van der Waals surface area contributed by atoms with Crippen LogP contribution in [0.3, 0.4) is 0 Å². The molecule has 0 radical (unpaired) electrons. The van der Waals surface area contributed by atoms with Gasteiger partial charge in [-0.15, -0.1) is 0 Å². The second-order valence-electron chi connectivity index (χ2n) is 6.05. The number of hydrogen-bond acceptors (Lipinski definition) is 4. The molecule has 0 fully saturated rings. The van der Waals surface area contributed by atoms with Crippen LogP contribution in [0.5, 0.6) is 5.75 Å². The first-order chi connectivity index (χ1) is 12.2. The molecule has 1 aliphatic heterocycles. The van der Waals surface area contributed by atoms with Crippen molar-refractivity contribution >= 4 is 11.6 Å². The van der Waals surface area contributed by atoms with Crippen molar-refractivity contribution in [1.29, 1.82) is 5.26 Å². The molecular weight excluding hydrogens is 314 g/mol. The molecule has 0 aromatic heterocycles. The molecule has 128 valence electrons. The third kappa shape index (κ3) is 3.92. The summed E-state index contributed by atoms with van der Waals surface area (Å²) in [6.07, 6.45) is 0.365. The molecule has 1 heterocycles. The Balaban J connectivity index is 1.80. The molecular formula is C20H21N3O2. The van der Waals surface area contributed by atoms with Gasteiger partial charge in [0.1, 0.15) is 5.75 Å². The van der Waals surface area contributed by atoms with E-state index >= 15 is 0 Å². The third-order valence-electron chi connectivity index (χ3n) is 4.16. The minimum absolute atomic E-state index is 0.0822. The number of anilines is 1. The topological polar surface area (TPSA) is 65.4 Å². The average molecular weight is 335 g/mol. The molecule has 0 bridgehead atoms. The number of amides is 1. The largest absolute Gasteiger partial charge is 0.477 e. The molecule has 25 heavy (non-hydrogen) atoms. The summed E-state index contributed by atoms with van der Waals surface area (Å²) in [4.78, 5) is 14.5. The van der Waals surface area contributed by atoms with E-state index in [4.69, 9.17) is 10.00 Å². The van der Waals surface area contributed by atoms with Gasteiger partial charge in [0, 0.05) is 13.1 Å². The van der Waals surface area contributed by atoms with Gasteiger partial charge in [-0.3, -0.25) is 4.79 Å². The second-order valence-corrected chi connectivity index (χ2v) is 6.05. The number of hydrogen-bond donors (Lipinski definition) is 1.